The van der Waals surface area contributed by atoms with Gasteiger partial charge in [-0.1, -0.05) is 24.3 Å². The lowest BCUT2D eigenvalue weighted by Crippen LogP contribution is -2.28. The third kappa shape index (κ3) is 4.57. The largest absolute Gasteiger partial charge is 0.392 e. The average Bonchev–Trinajstić information content (AvgIpc) is 2.98. The van der Waals surface area contributed by atoms with E-state index >= 15 is 0 Å². The molecule has 1 aromatic heterocycles. The van der Waals surface area contributed by atoms with Crippen LogP contribution in [0.5, 0.6) is 0 Å². The molecule has 2 amide bonds. The quantitative estimate of drug-likeness (QED) is 0.720. The van der Waals surface area contributed by atoms with E-state index in [-0.39, 0.29) is 12.6 Å². The fraction of sp³-hybridized carbons (Fsp3) is 0.333. The van der Waals surface area contributed by atoms with Crippen molar-refractivity contribution in [2.24, 2.45) is 0 Å². The molecule has 1 heterocycles. The summed E-state index contributed by atoms with van der Waals surface area (Å²) in [6, 6.07) is 7.10. The van der Waals surface area contributed by atoms with Crippen molar-refractivity contribution in [3.05, 3.63) is 47.8 Å². The van der Waals surface area contributed by atoms with Gasteiger partial charge in [-0.3, -0.25) is 4.68 Å². The van der Waals surface area contributed by atoms with E-state index in [0.29, 0.717) is 25.4 Å². The van der Waals surface area contributed by atoms with Gasteiger partial charge < -0.3 is 20.5 Å². The number of hydrogen-bond acceptors (Lipinski definition) is 4. The summed E-state index contributed by atoms with van der Waals surface area (Å²) >= 11 is 0. The summed E-state index contributed by atoms with van der Waals surface area (Å²) in [4.78, 5) is 11.9. The van der Waals surface area contributed by atoms with Gasteiger partial charge >= 0.3 is 6.03 Å². The second-order valence-corrected chi connectivity index (χ2v) is 4.72. The monoisotopic (exact) mass is 304 g/mol. The molecule has 1 aromatic carbocycles. The number of methoxy groups -OCH3 is 1. The molecule has 0 aliphatic carbocycles. The van der Waals surface area contributed by atoms with E-state index in [2.05, 4.69) is 15.7 Å². The Morgan fingerprint density at radius 3 is 2.86 bits per heavy atom. The van der Waals surface area contributed by atoms with Gasteiger partial charge in [-0.2, -0.15) is 5.10 Å². The summed E-state index contributed by atoms with van der Waals surface area (Å²) < 4.78 is 6.66. The normalized spacial score (nSPS) is 10.5. The smallest absolute Gasteiger partial charge is 0.319 e. The highest BCUT2D eigenvalue weighted by molar-refractivity contribution is 5.88. The van der Waals surface area contributed by atoms with Gasteiger partial charge in [-0.05, 0) is 11.1 Å². The van der Waals surface area contributed by atoms with Crippen molar-refractivity contribution >= 4 is 11.7 Å². The third-order valence-corrected chi connectivity index (χ3v) is 3.14. The number of carbonyl (C=O) groups is 1. The maximum Gasteiger partial charge on any atom is 0.319 e. The van der Waals surface area contributed by atoms with Gasteiger partial charge in [0.25, 0.3) is 0 Å². The fourth-order valence-electron chi connectivity index (χ4n) is 1.97. The van der Waals surface area contributed by atoms with Crippen LogP contribution in [0.15, 0.2) is 36.7 Å². The van der Waals surface area contributed by atoms with Gasteiger partial charge in [0.05, 0.1) is 31.6 Å². The van der Waals surface area contributed by atoms with Crippen LogP contribution in [-0.4, -0.2) is 34.6 Å². The zero-order chi connectivity index (χ0) is 15.8. The first kappa shape index (κ1) is 16.0. The van der Waals surface area contributed by atoms with Crippen molar-refractivity contribution in [1.29, 1.82) is 0 Å². The van der Waals surface area contributed by atoms with Gasteiger partial charge in [0.2, 0.25) is 0 Å². The lowest BCUT2D eigenvalue weighted by atomic mass is 10.1. The van der Waals surface area contributed by atoms with Crippen LogP contribution < -0.4 is 10.6 Å². The SMILES string of the molecule is COCCn1cc(NC(=O)NCc2ccccc2CO)cn1. The van der Waals surface area contributed by atoms with E-state index in [1.54, 1.807) is 24.2 Å². The van der Waals surface area contributed by atoms with Crippen molar-refractivity contribution in [3.63, 3.8) is 0 Å². The highest BCUT2D eigenvalue weighted by Gasteiger charge is 2.06. The summed E-state index contributed by atoms with van der Waals surface area (Å²) in [5, 5.41) is 18.8. The van der Waals surface area contributed by atoms with Crippen molar-refractivity contribution in [2.75, 3.05) is 19.0 Å². The molecule has 0 saturated heterocycles. The number of benzene rings is 1. The van der Waals surface area contributed by atoms with E-state index in [0.717, 1.165) is 11.1 Å². The topological polar surface area (TPSA) is 88.4 Å². The second kappa shape index (κ2) is 8.16. The van der Waals surface area contributed by atoms with Crippen LogP contribution in [0.1, 0.15) is 11.1 Å². The Kier molecular flexibility index (Phi) is 5.93. The number of ether oxygens (including phenoxy) is 1. The number of urea groups is 1. The molecular formula is C15H20N4O3. The minimum atomic E-state index is -0.320. The van der Waals surface area contributed by atoms with Gasteiger partial charge in [-0.25, -0.2) is 4.79 Å². The highest BCUT2D eigenvalue weighted by atomic mass is 16.5. The van der Waals surface area contributed by atoms with Crippen LogP contribution in [0, 0.1) is 0 Å². The number of aromatic nitrogens is 2. The fourth-order valence-corrected chi connectivity index (χ4v) is 1.97. The number of anilines is 1. The van der Waals surface area contributed by atoms with Crippen molar-refractivity contribution in [2.45, 2.75) is 19.7 Å². The highest BCUT2D eigenvalue weighted by Crippen LogP contribution is 2.09. The molecule has 0 atom stereocenters. The summed E-state index contributed by atoms with van der Waals surface area (Å²) in [6.45, 7) is 1.49. The van der Waals surface area contributed by atoms with Crippen molar-refractivity contribution in [1.82, 2.24) is 15.1 Å². The van der Waals surface area contributed by atoms with Crippen LogP contribution in [0.3, 0.4) is 0 Å². The van der Waals surface area contributed by atoms with Crippen LogP contribution in [-0.2, 0) is 24.4 Å². The number of amides is 2. The third-order valence-electron chi connectivity index (χ3n) is 3.14. The maximum atomic E-state index is 11.9. The lowest BCUT2D eigenvalue weighted by molar-refractivity contribution is 0.183. The predicted molar refractivity (Wildman–Crippen MR) is 82.3 cm³/mol. The number of hydrogen-bond donors (Lipinski definition) is 3. The van der Waals surface area contributed by atoms with Gasteiger partial charge in [-0.15, -0.1) is 0 Å². The molecule has 22 heavy (non-hydrogen) atoms. The molecule has 118 valence electrons. The molecule has 0 radical (unpaired) electrons. The number of nitrogens with zero attached hydrogens (tertiary/aromatic N) is 2. The molecule has 7 nitrogen and oxygen atoms in total. The Labute approximate surface area is 128 Å². The number of aliphatic hydroxyl groups is 1. The molecule has 0 aliphatic rings. The van der Waals surface area contributed by atoms with E-state index in [1.807, 2.05) is 24.3 Å². The number of aliphatic hydroxyl groups excluding tert-OH is 1. The van der Waals surface area contributed by atoms with Crippen LogP contribution >= 0.6 is 0 Å². The molecule has 2 aromatic rings. The molecule has 0 aliphatic heterocycles. The molecule has 2 rings (SSSR count). The first-order valence-corrected chi connectivity index (χ1v) is 6.97. The molecule has 0 saturated carbocycles. The van der Waals surface area contributed by atoms with Crippen LogP contribution in [0.4, 0.5) is 10.5 Å². The Bertz CT molecular complexity index is 612. The van der Waals surface area contributed by atoms with Gasteiger partial charge in [0.1, 0.15) is 0 Å². The van der Waals surface area contributed by atoms with E-state index in [1.165, 1.54) is 0 Å². The Hall–Kier alpha value is -2.38. The molecule has 7 heteroatoms. The van der Waals surface area contributed by atoms with Crippen LogP contribution in [0.2, 0.25) is 0 Å². The summed E-state index contributed by atoms with van der Waals surface area (Å²) in [5.41, 5.74) is 2.30. The van der Waals surface area contributed by atoms with E-state index in [9.17, 15) is 9.90 Å². The van der Waals surface area contributed by atoms with E-state index in [4.69, 9.17) is 4.74 Å². The van der Waals surface area contributed by atoms with E-state index < -0.39 is 0 Å². The zero-order valence-electron chi connectivity index (χ0n) is 12.5. The minimum Gasteiger partial charge on any atom is -0.392 e. The second-order valence-electron chi connectivity index (χ2n) is 4.72. The molecule has 3 N–H and O–H groups in total. The first-order chi connectivity index (χ1) is 10.7. The average molecular weight is 304 g/mol. The summed E-state index contributed by atoms with van der Waals surface area (Å²) in [6.07, 6.45) is 3.32. The maximum absolute atomic E-state index is 11.9. The molecule has 0 unspecified atom stereocenters. The Balaban J connectivity index is 1.84. The number of carbonyl (C=O) groups excluding carboxylic acids is 1. The lowest BCUT2D eigenvalue weighted by Gasteiger charge is -2.09. The zero-order valence-corrected chi connectivity index (χ0v) is 12.5. The summed E-state index contributed by atoms with van der Waals surface area (Å²) in [5.74, 6) is 0. The standard InChI is InChI=1S/C15H20N4O3/c1-22-7-6-19-10-14(9-17-19)18-15(21)16-8-12-4-2-3-5-13(12)11-20/h2-5,9-10,20H,6-8,11H2,1H3,(H2,16,18,21). The van der Waals surface area contributed by atoms with Crippen LogP contribution in [0.25, 0.3) is 0 Å². The molecular weight excluding hydrogens is 284 g/mol. The van der Waals surface area contributed by atoms with Gasteiger partial charge in [0, 0.05) is 19.9 Å². The Morgan fingerprint density at radius 1 is 1.36 bits per heavy atom. The molecule has 0 fully saturated rings. The van der Waals surface area contributed by atoms with Crippen molar-refractivity contribution < 1.29 is 14.6 Å². The summed E-state index contributed by atoms with van der Waals surface area (Å²) in [7, 11) is 1.63. The number of rotatable bonds is 7. The van der Waals surface area contributed by atoms with Gasteiger partial charge in [0.15, 0.2) is 0 Å². The minimum absolute atomic E-state index is 0.0499. The Morgan fingerprint density at radius 2 is 2.14 bits per heavy atom. The predicted octanol–water partition coefficient (Wildman–Crippen LogP) is 1.34. The molecule has 0 bridgehead atoms. The first-order valence-electron chi connectivity index (χ1n) is 6.97. The molecule has 0 spiro atoms. The van der Waals surface area contributed by atoms with Crippen molar-refractivity contribution in [3.8, 4) is 0 Å². The number of nitrogens with one attached hydrogen (secondary N) is 2.